The number of nitrogens with two attached hydrogens (primary N) is 1. The van der Waals surface area contributed by atoms with Crippen molar-refractivity contribution in [3.05, 3.63) is 4.88 Å². The molecule has 0 unspecified atom stereocenters. The Hall–Kier alpha value is -1.34. The molecule has 6 nitrogen and oxygen atoms in total. The van der Waals surface area contributed by atoms with Gasteiger partial charge in [-0.15, -0.1) is 0 Å². The molecule has 1 atom stereocenters. The molecule has 0 aromatic carbocycles. The first kappa shape index (κ1) is 15.1. The Balaban J connectivity index is 2.09. The lowest BCUT2D eigenvalue weighted by Gasteiger charge is -2.19. The van der Waals surface area contributed by atoms with Gasteiger partial charge in [0.05, 0.1) is 12.6 Å². The quantitative estimate of drug-likeness (QED) is 0.756. The number of nitrogens with one attached hydrogen (secondary N) is 1. The van der Waals surface area contributed by atoms with E-state index in [1.807, 2.05) is 13.8 Å². The molecule has 0 radical (unpaired) electrons. The number of rotatable bonds is 5. The summed E-state index contributed by atoms with van der Waals surface area (Å²) in [7, 11) is 0. The van der Waals surface area contributed by atoms with Crippen molar-refractivity contribution >= 4 is 28.2 Å². The molecule has 1 aliphatic heterocycles. The van der Waals surface area contributed by atoms with Gasteiger partial charge in [-0.1, -0.05) is 25.2 Å². The fourth-order valence-electron chi connectivity index (χ4n) is 2.18. The average molecular weight is 298 g/mol. The van der Waals surface area contributed by atoms with Gasteiger partial charge in [-0.2, -0.15) is 0 Å². The highest BCUT2D eigenvalue weighted by molar-refractivity contribution is 7.18. The summed E-state index contributed by atoms with van der Waals surface area (Å²) < 4.78 is 0. The van der Waals surface area contributed by atoms with Crippen molar-refractivity contribution in [1.29, 1.82) is 0 Å². The van der Waals surface area contributed by atoms with E-state index in [2.05, 4.69) is 15.2 Å². The predicted molar refractivity (Wildman–Crippen MR) is 81.2 cm³/mol. The number of aromatic nitrogens is 1. The number of carbonyl (C=O) groups excluding carboxylic acids is 1. The lowest BCUT2D eigenvalue weighted by atomic mass is 10.1. The third-order valence-electron chi connectivity index (χ3n) is 3.54. The van der Waals surface area contributed by atoms with E-state index in [0.29, 0.717) is 4.88 Å². The Morgan fingerprint density at radius 1 is 1.50 bits per heavy atom. The number of aliphatic hydroxyl groups excluding tert-OH is 1. The fourth-order valence-corrected chi connectivity index (χ4v) is 3.12. The standard InChI is InChI=1S/C13H22N4O2S/c1-8(2)9(7-18)15-12(19)10-11(14)16-13(20-10)17-5-3-4-6-17/h8-9,18H,3-7,14H2,1-2H3,(H,15,19)/t9-/m1/s1. The molecule has 7 heteroatoms. The minimum absolute atomic E-state index is 0.0822. The number of hydrogen-bond acceptors (Lipinski definition) is 6. The highest BCUT2D eigenvalue weighted by Crippen LogP contribution is 2.30. The Labute approximate surface area is 123 Å². The first-order chi connectivity index (χ1) is 9.52. The lowest BCUT2D eigenvalue weighted by Crippen LogP contribution is -2.41. The van der Waals surface area contributed by atoms with Gasteiger partial charge in [0.2, 0.25) is 0 Å². The molecule has 1 fully saturated rings. The van der Waals surface area contributed by atoms with Crippen LogP contribution in [0.25, 0.3) is 0 Å². The molecule has 1 amide bonds. The molecule has 0 aliphatic carbocycles. The van der Waals surface area contributed by atoms with Crippen molar-refractivity contribution in [2.45, 2.75) is 32.7 Å². The molecule has 1 aromatic rings. The Bertz CT molecular complexity index is 469. The van der Waals surface area contributed by atoms with Crippen LogP contribution in [0, 0.1) is 5.92 Å². The monoisotopic (exact) mass is 298 g/mol. The highest BCUT2D eigenvalue weighted by atomic mass is 32.1. The van der Waals surface area contributed by atoms with Gasteiger partial charge in [-0.05, 0) is 18.8 Å². The van der Waals surface area contributed by atoms with Gasteiger partial charge in [0, 0.05) is 13.1 Å². The van der Waals surface area contributed by atoms with Crippen LogP contribution in [0.3, 0.4) is 0 Å². The third-order valence-corrected chi connectivity index (χ3v) is 4.67. The van der Waals surface area contributed by atoms with Gasteiger partial charge in [0.1, 0.15) is 10.7 Å². The summed E-state index contributed by atoms with van der Waals surface area (Å²) in [6.45, 7) is 5.76. The van der Waals surface area contributed by atoms with Crippen LogP contribution < -0.4 is 16.0 Å². The summed E-state index contributed by atoms with van der Waals surface area (Å²) in [5, 5.41) is 12.9. The number of thiazole rings is 1. The molecule has 0 saturated carbocycles. The van der Waals surface area contributed by atoms with Crippen LogP contribution >= 0.6 is 11.3 Å². The van der Waals surface area contributed by atoms with E-state index in [0.717, 1.165) is 31.1 Å². The van der Waals surface area contributed by atoms with Gasteiger partial charge >= 0.3 is 0 Å². The fraction of sp³-hybridized carbons (Fsp3) is 0.692. The number of anilines is 2. The molecule has 1 aliphatic rings. The largest absolute Gasteiger partial charge is 0.394 e. The summed E-state index contributed by atoms with van der Waals surface area (Å²) in [5.41, 5.74) is 5.85. The first-order valence-corrected chi connectivity index (χ1v) is 7.77. The van der Waals surface area contributed by atoms with E-state index >= 15 is 0 Å². The summed E-state index contributed by atoms with van der Waals surface area (Å²) in [6.07, 6.45) is 2.31. The molecular weight excluding hydrogens is 276 g/mol. The van der Waals surface area contributed by atoms with Crippen LogP contribution in [0.4, 0.5) is 10.9 Å². The third kappa shape index (κ3) is 3.21. The molecule has 2 rings (SSSR count). The Morgan fingerprint density at radius 2 is 2.15 bits per heavy atom. The number of hydrogen-bond donors (Lipinski definition) is 3. The second-order valence-corrected chi connectivity index (χ2v) is 6.39. The van der Waals surface area contributed by atoms with Crippen LogP contribution in [0.15, 0.2) is 0 Å². The summed E-state index contributed by atoms with van der Waals surface area (Å²) in [6, 6.07) is -0.265. The molecule has 1 aromatic heterocycles. The van der Waals surface area contributed by atoms with Crippen LogP contribution in [0.2, 0.25) is 0 Å². The van der Waals surface area contributed by atoms with Crippen molar-refractivity contribution in [2.24, 2.45) is 5.92 Å². The van der Waals surface area contributed by atoms with E-state index < -0.39 is 0 Å². The van der Waals surface area contributed by atoms with Crippen molar-refractivity contribution in [2.75, 3.05) is 30.3 Å². The Kier molecular flexibility index (Phi) is 4.82. The molecule has 0 bridgehead atoms. The van der Waals surface area contributed by atoms with Gasteiger partial charge in [0.15, 0.2) is 5.13 Å². The zero-order valence-corrected chi connectivity index (χ0v) is 12.7. The number of aliphatic hydroxyl groups is 1. The van der Waals surface area contributed by atoms with Crippen molar-refractivity contribution in [3.63, 3.8) is 0 Å². The normalized spacial score (nSPS) is 16.7. The maximum absolute atomic E-state index is 12.2. The van der Waals surface area contributed by atoms with Crippen LogP contribution in [0.1, 0.15) is 36.4 Å². The SMILES string of the molecule is CC(C)[C@@H](CO)NC(=O)c1sc(N2CCCC2)nc1N. The van der Waals surface area contributed by atoms with Gasteiger partial charge < -0.3 is 21.1 Å². The van der Waals surface area contributed by atoms with E-state index in [1.165, 1.54) is 11.3 Å². The van der Waals surface area contributed by atoms with Crippen molar-refractivity contribution in [1.82, 2.24) is 10.3 Å². The molecule has 0 spiro atoms. The maximum Gasteiger partial charge on any atom is 0.265 e. The number of carbonyl (C=O) groups is 1. The summed E-state index contributed by atoms with van der Waals surface area (Å²) in [4.78, 5) is 19.1. The second-order valence-electron chi connectivity index (χ2n) is 5.41. The molecule has 2 heterocycles. The minimum atomic E-state index is -0.265. The van der Waals surface area contributed by atoms with Crippen molar-refractivity contribution < 1.29 is 9.90 Å². The van der Waals surface area contributed by atoms with Gasteiger partial charge in [-0.3, -0.25) is 4.79 Å². The topological polar surface area (TPSA) is 91.5 Å². The van der Waals surface area contributed by atoms with E-state index in [4.69, 9.17) is 5.73 Å². The van der Waals surface area contributed by atoms with Crippen LogP contribution in [-0.2, 0) is 0 Å². The smallest absolute Gasteiger partial charge is 0.265 e. The van der Waals surface area contributed by atoms with Crippen LogP contribution in [0.5, 0.6) is 0 Å². The van der Waals surface area contributed by atoms with Gasteiger partial charge in [-0.25, -0.2) is 4.98 Å². The highest BCUT2D eigenvalue weighted by Gasteiger charge is 2.23. The molecule has 1 saturated heterocycles. The summed E-state index contributed by atoms with van der Waals surface area (Å²) in [5.74, 6) is 0.184. The van der Waals surface area contributed by atoms with Gasteiger partial charge in [0.25, 0.3) is 5.91 Å². The molecule has 112 valence electrons. The zero-order chi connectivity index (χ0) is 14.7. The van der Waals surface area contributed by atoms with E-state index in [9.17, 15) is 9.90 Å². The number of amides is 1. The number of nitrogens with zero attached hydrogens (tertiary/aromatic N) is 2. The van der Waals surface area contributed by atoms with Crippen LogP contribution in [-0.4, -0.2) is 41.7 Å². The lowest BCUT2D eigenvalue weighted by molar-refractivity contribution is 0.0901. The average Bonchev–Trinajstić information content (AvgIpc) is 3.03. The van der Waals surface area contributed by atoms with Crippen molar-refractivity contribution in [3.8, 4) is 0 Å². The molecular formula is C13H22N4O2S. The second kappa shape index (κ2) is 6.41. The first-order valence-electron chi connectivity index (χ1n) is 6.96. The zero-order valence-electron chi connectivity index (χ0n) is 11.9. The van der Waals surface area contributed by atoms with E-state index in [1.54, 1.807) is 0 Å². The predicted octanol–water partition coefficient (Wildman–Crippen LogP) is 1.07. The molecule has 20 heavy (non-hydrogen) atoms. The Morgan fingerprint density at radius 3 is 2.70 bits per heavy atom. The summed E-state index contributed by atoms with van der Waals surface area (Å²) >= 11 is 1.33. The maximum atomic E-state index is 12.2. The van der Waals surface area contributed by atoms with E-state index in [-0.39, 0.29) is 30.3 Å². The minimum Gasteiger partial charge on any atom is -0.394 e. The molecule has 4 N–H and O–H groups in total. The number of nitrogen functional groups attached to an aromatic ring is 1.